The number of benzene rings is 1. The molecule has 0 bridgehead atoms. The molecule has 0 aliphatic carbocycles. The van der Waals surface area contributed by atoms with Crippen LogP contribution in [0.1, 0.15) is 21.1 Å². The maximum Gasteiger partial charge on any atom is 0.292 e. The molecule has 0 aliphatic heterocycles. The highest BCUT2D eigenvalue weighted by molar-refractivity contribution is 7.73. The van der Waals surface area contributed by atoms with Gasteiger partial charge in [0.15, 0.2) is 9.77 Å². The molecular weight excluding hydrogens is 394 g/mol. The Hall–Kier alpha value is -3.60. The average molecular weight is 407 g/mol. The van der Waals surface area contributed by atoms with Crippen molar-refractivity contribution >= 4 is 41.0 Å². The van der Waals surface area contributed by atoms with Gasteiger partial charge in [0.1, 0.15) is 17.0 Å². The minimum Gasteiger partial charge on any atom is -0.276 e. The molecule has 0 saturated carbocycles. The third-order valence-electron chi connectivity index (χ3n) is 3.71. The second kappa shape index (κ2) is 7.96. The Balaban J connectivity index is 2.20. The van der Waals surface area contributed by atoms with Gasteiger partial charge in [0.25, 0.3) is 5.91 Å². The molecule has 3 aromatic rings. The van der Waals surface area contributed by atoms with Gasteiger partial charge in [0, 0.05) is 11.4 Å². The summed E-state index contributed by atoms with van der Waals surface area (Å²) in [6.45, 7) is 3.57. The third-order valence-corrected chi connectivity index (χ3v) is 5.07. The van der Waals surface area contributed by atoms with Gasteiger partial charge in [-0.05, 0) is 44.3 Å². The van der Waals surface area contributed by atoms with Crippen LogP contribution in [-0.2, 0) is 0 Å². The normalized spacial score (nSPS) is 10.0. The molecule has 8 nitrogen and oxygen atoms in total. The number of hydrazone groups is 1. The summed E-state index contributed by atoms with van der Waals surface area (Å²) in [5.74, 6) is -0.119. The average Bonchev–Trinajstić information content (AvgIpc) is 3.21. The molecule has 0 radical (unpaired) electrons. The molecule has 3 rings (SSSR count). The quantitative estimate of drug-likeness (QED) is 0.402. The molecule has 0 saturated heterocycles. The highest BCUT2D eigenvalue weighted by Crippen LogP contribution is 2.30. The number of para-hydroxylation sites is 1. The SMILES string of the molecule is Cc1cc(C)n(C(=O)c2sc(=S)n(-c3ccccc3)c2NN=C(C#N)C#N)n1. The zero-order valence-electron chi connectivity index (χ0n) is 14.9. The summed E-state index contributed by atoms with van der Waals surface area (Å²) in [7, 11) is 0. The van der Waals surface area contributed by atoms with E-state index < -0.39 is 0 Å². The Labute approximate surface area is 169 Å². The summed E-state index contributed by atoms with van der Waals surface area (Å²) < 4.78 is 3.33. The van der Waals surface area contributed by atoms with Crippen LogP contribution in [0.15, 0.2) is 41.5 Å². The molecule has 1 N–H and O–H groups in total. The van der Waals surface area contributed by atoms with Crippen molar-refractivity contribution in [3.05, 3.63) is 56.6 Å². The Morgan fingerprint density at radius 2 is 1.93 bits per heavy atom. The van der Waals surface area contributed by atoms with Gasteiger partial charge < -0.3 is 0 Å². The first-order valence-corrected chi connectivity index (χ1v) is 9.22. The summed E-state index contributed by atoms with van der Waals surface area (Å²) in [6.07, 6.45) is 0. The van der Waals surface area contributed by atoms with Crippen molar-refractivity contribution in [3.63, 3.8) is 0 Å². The minimum absolute atomic E-state index is 0.263. The van der Waals surface area contributed by atoms with E-state index >= 15 is 0 Å². The molecule has 0 amide bonds. The van der Waals surface area contributed by atoms with Crippen LogP contribution in [0.2, 0.25) is 0 Å². The molecule has 138 valence electrons. The van der Waals surface area contributed by atoms with Crippen molar-refractivity contribution in [3.8, 4) is 17.8 Å². The molecule has 2 aromatic heterocycles. The number of carbonyl (C=O) groups is 1. The standard InChI is InChI=1S/C18H13N7OS2/c1-11-8-12(2)25(23-11)17(26)15-16(22-21-13(9-19)10-20)24(18(27)28-15)14-6-4-3-5-7-14/h3-8,22H,1-2H3. The van der Waals surface area contributed by atoms with E-state index in [1.165, 1.54) is 4.68 Å². The first kappa shape index (κ1) is 19.2. The van der Waals surface area contributed by atoms with Gasteiger partial charge in [0.05, 0.1) is 5.69 Å². The topological polar surface area (TPSA) is 112 Å². The number of thiazole rings is 1. The number of nitrogens with zero attached hydrogens (tertiary/aromatic N) is 6. The van der Waals surface area contributed by atoms with E-state index in [4.69, 9.17) is 22.7 Å². The lowest BCUT2D eigenvalue weighted by Gasteiger charge is -2.10. The van der Waals surface area contributed by atoms with Crippen molar-refractivity contribution < 1.29 is 4.79 Å². The fraction of sp³-hybridized carbons (Fsp3) is 0.111. The lowest BCUT2D eigenvalue weighted by molar-refractivity contribution is 0.0947. The first-order chi connectivity index (χ1) is 13.5. The summed E-state index contributed by atoms with van der Waals surface area (Å²) in [4.78, 5) is 13.4. The first-order valence-electron chi connectivity index (χ1n) is 7.99. The van der Waals surface area contributed by atoms with Crippen LogP contribution in [0.25, 0.3) is 5.69 Å². The van der Waals surface area contributed by atoms with Crippen molar-refractivity contribution in [2.75, 3.05) is 5.43 Å². The molecule has 0 fully saturated rings. The monoisotopic (exact) mass is 407 g/mol. The van der Waals surface area contributed by atoms with Crippen LogP contribution >= 0.6 is 23.6 Å². The van der Waals surface area contributed by atoms with E-state index in [0.29, 0.717) is 21.0 Å². The number of carbonyl (C=O) groups excluding carboxylic acids is 1. The number of nitrogens with one attached hydrogen (secondary N) is 1. The zero-order valence-corrected chi connectivity index (χ0v) is 16.5. The predicted molar refractivity (Wildman–Crippen MR) is 108 cm³/mol. The number of aromatic nitrogens is 3. The number of anilines is 1. The number of aryl methyl sites for hydroxylation is 2. The lowest BCUT2D eigenvalue weighted by atomic mass is 10.3. The summed E-state index contributed by atoms with van der Waals surface area (Å²) in [5.41, 5.74) is 4.39. The van der Waals surface area contributed by atoms with Crippen molar-refractivity contribution in [1.82, 2.24) is 14.3 Å². The summed E-state index contributed by atoms with van der Waals surface area (Å²) >= 11 is 6.56. The smallest absolute Gasteiger partial charge is 0.276 e. The van der Waals surface area contributed by atoms with Crippen LogP contribution < -0.4 is 5.43 Å². The second-order valence-corrected chi connectivity index (χ2v) is 7.30. The molecule has 2 heterocycles. The third kappa shape index (κ3) is 3.60. The van der Waals surface area contributed by atoms with E-state index in [0.717, 1.165) is 11.3 Å². The van der Waals surface area contributed by atoms with Gasteiger partial charge in [-0.2, -0.15) is 25.4 Å². The number of hydrogen-bond acceptors (Lipinski definition) is 8. The van der Waals surface area contributed by atoms with Gasteiger partial charge in [-0.3, -0.25) is 14.8 Å². The fourth-order valence-corrected chi connectivity index (χ4v) is 3.86. The largest absolute Gasteiger partial charge is 0.292 e. The molecule has 0 unspecified atom stereocenters. The van der Waals surface area contributed by atoms with Crippen LogP contribution in [0, 0.1) is 40.5 Å². The van der Waals surface area contributed by atoms with Crippen molar-refractivity contribution in [2.24, 2.45) is 5.10 Å². The zero-order chi connectivity index (χ0) is 20.3. The predicted octanol–water partition coefficient (Wildman–Crippen LogP) is 3.59. The van der Waals surface area contributed by atoms with E-state index in [9.17, 15) is 4.79 Å². The van der Waals surface area contributed by atoms with Crippen molar-refractivity contribution in [2.45, 2.75) is 13.8 Å². The molecule has 0 spiro atoms. The van der Waals surface area contributed by atoms with Crippen LogP contribution in [-0.4, -0.2) is 26.0 Å². The van der Waals surface area contributed by atoms with Gasteiger partial charge in [0.2, 0.25) is 5.71 Å². The van der Waals surface area contributed by atoms with Gasteiger partial charge in [-0.1, -0.05) is 29.5 Å². The minimum atomic E-state index is -0.385. The van der Waals surface area contributed by atoms with E-state index in [1.807, 2.05) is 30.3 Å². The highest BCUT2D eigenvalue weighted by Gasteiger charge is 2.23. The number of rotatable bonds is 4. The Bertz CT molecular complexity index is 1200. The van der Waals surface area contributed by atoms with Gasteiger partial charge in [-0.15, -0.1) is 0 Å². The number of hydrogen-bond donors (Lipinski definition) is 1. The van der Waals surface area contributed by atoms with Crippen LogP contribution in [0.3, 0.4) is 0 Å². The van der Waals surface area contributed by atoms with Crippen LogP contribution in [0.4, 0.5) is 5.82 Å². The van der Waals surface area contributed by atoms with Gasteiger partial charge in [-0.25, -0.2) is 0 Å². The van der Waals surface area contributed by atoms with Crippen molar-refractivity contribution in [1.29, 1.82) is 10.5 Å². The molecular formula is C18H13N7OS2. The lowest BCUT2D eigenvalue weighted by Crippen LogP contribution is -2.16. The Morgan fingerprint density at radius 1 is 1.25 bits per heavy atom. The maximum absolute atomic E-state index is 13.1. The fourth-order valence-electron chi connectivity index (χ4n) is 2.55. The number of nitriles is 2. The Morgan fingerprint density at radius 3 is 2.50 bits per heavy atom. The molecule has 10 heteroatoms. The summed E-state index contributed by atoms with van der Waals surface area (Å²) in [6, 6.07) is 14.3. The van der Waals surface area contributed by atoms with E-state index in [2.05, 4.69) is 15.6 Å². The van der Waals surface area contributed by atoms with Crippen LogP contribution in [0.5, 0.6) is 0 Å². The molecule has 0 atom stereocenters. The molecule has 0 aliphatic rings. The van der Waals surface area contributed by atoms with Gasteiger partial charge >= 0.3 is 0 Å². The molecule has 1 aromatic carbocycles. The second-order valence-electron chi connectivity index (χ2n) is 5.66. The van der Waals surface area contributed by atoms with E-state index in [1.54, 1.807) is 36.6 Å². The summed E-state index contributed by atoms with van der Waals surface area (Å²) in [5, 5.41) is 25.9. The maximum atomic E-state index is 13.1. The Kier molecular flexibility index (Phi) is 5.45. The van der Waals surface area contributed by atoms with E-state index in [-0.39, 0.29) is 22.3 Å². The highest BCUT2D eigenvalue weighted by atomic mass is 32.1. The molecule has 28 heavy (non-hydrogen) atoms.